The predicted molar refractivity (Wildman–Crippen MR) is 224 cm³/mol. The number of rotatable bonds is 9. The third-order valence-electron chi connectivity index (χ3n) is 18.5. The summed E-state index contributed by atoms with van der Waals surface area (Å²) in [6.45, 7) is 16.1. The van der Waals surface area contributed by atoms with Crippen molar-refractivity contribution in [3.63, 3.8) is 0 Å². The maximum Gasteiger partial charge on any atom is 0.339 e. The van der Waals surface area contributed by atoms with E-state index in [0.717, 1.165) is 50.5 Å². The Hall–Kier alpha value is -1.39. The molecule has 0 radical (unpaired) electrons. The molecule has 8 rings (SSSR count). The topological polar surface area (TPSA) is 264 Å². The first-order chi connectivity index (χ1) is 29.9. The first kappa shape index (κ1) is 49.0. The molecule has 0 spiro atoms. The predicted octanol–water partition coefficient (Wildman–Crippen LogP) is 1.18. The number of allylic oxidation sites excluding steroid dienone is 1. The molecule has 8 fully saturated rings. The number of carbonyl (C=O) groups is 1. The van der Waals surface area contributed by atoms with Crippen molar-refractivity contribution in [3.05, 3.63) is 11.6 Å². The second-order valence-corrected chi connectivity index (χ2v) is 22.5. The van der Waals surface area contributed by atoms with Crippen LogP contribution in [0.3, 0.4) is 0 Å². The Morgan fingerprint density at radius 2 is 1.38 bits per heavy atom. The first-order valence-electron chi connectivity index (χ1n) is 23.8. The van der Waals surface area contributed by atoms with Crippen molar-refractivity contribution < 1.29 is 83.9 Å². The van der Waals surface area contributed by atoms with E-state index in [9.17, 15) is 50.8 Å². The molecule has 0 aromatic heterocycles. The lowest BCUT2D eigenvalue weighted by atomic mass is 9.35. The van der Waals surface area contributed by atoms with Crippen LogP contribution in [0.2, 0.25) is 0 Å². The lowest BCUT2D eigenvalue weighted by Gasteiger charge is -2.70. The minimum atomic E-state index is -1.75. The monoisotopic (exact) mass is 913 g/mol. The van der Waals surface area contributed by atoms with E-state index in [-0.39, 0.29) is 40.4 Å². The molecule has 24 atom stereocenters. The molecule has 17 nitrogen and oxygen atoms in total. The summed E-state index contributed by atoms with van der Waals surface area (Å²) in [7, 11) is 0. The van der Waals surface area contributed by atoms with Crippen LogP contribution in [0, 0.1) is 45.3 Å². The molecule has 4 heterocycles. The fourth-order valence-corrected chi connectivity index (χ4v) is 14.9. The molecule has 64 heavy (non-hydrogen) atoms. The maximum absolute atomic E-state index is 13.4. The third-order valence-corrected chi connectivity index (χ3v) is 18.5. The van der Waals surface area contributed by atoms with Crippen LogP contribution in [0.1, 0.15) is 113 Å². The van der Waals surface area contributed by atoms with Gasteiger partial charge in [-0.3, -0.25) is 0 Å². The average Bonchev–Trinajstić information content (AvgIpc) is 3.74. The highest BCUT2D eigenvalue weighted by atomic mass is 16.8. The van der Waals surface area contributed by atoms with E-state index >= 15 is 0 Å². The molecule has 4 saturated carbocycles. The number of fused-ring (bicyclic) bond motifs is 5. The summed E-state index contributed by atoms with van der Waals surface area (Å²) in [5.41, 5.74) is -1.21. The van der Waals surface area contributed by atoms with Crippen molar-refractivity contribution in [2.24, 2.45) is 45.3 Å². The molecule has 0 bridgehead atoms. The van der Waals surface area contributed by atoms with Gasteiger partial charge >= 0.3 is 5.97 Å². The van der Waals surface area contributed by atoms with E-state index in [0.29, 0.717) is 12.3 Å². The van der Waals surface area contributed by atoms with Crippen LogP contribution in [0.25, 0.3) is 0 Å². The van der Waals surface area contributed by atoms with Crippen LogP contribution < -0.4 is 0 Å². The third kappa shape index (κ3) is 7.76. The van der Waals surface area contributed by atoms with Gasteiger partial charge in [0.2, 0.25) is 0 Å². The Labute approximate surface area is 376 Å². The Morgan fingerprint density at radius 1 is 0.703 bits per heavy atom. The van der Waals surface area contributed by atoms with E-state index in [2.05, 4.69) is 34.6 Å². The molecule has 0 amide bonds. The van der Waals surface area contributed by atoms with Crippen LogP contribution in [-0.4, -0.2) is 169 Å². The van der Waals surface area contributed by atoms with Crippen LogP contribution in [0.5, 0.6) is 0 Å². The molecule has 366 valence electrons. The highest BCUT2D eigenvalue weighted by Crippen LogP contribution is 2.76. The molecule has 9 N–H and O–H groups in total. The normalized spacial score (nSPS) is 54.9. The van der Waals surface area contributed by atoms with Crippen molar-refractivity contribution in [2.45, 2.75) is 217 Å². The standard InChI is InChI=1S/C47H76O17/c1-21(2)17-23-18-47(57,42(56)60-23)25-11-15-45(7)24(25)9-10-29-44(6)14-13-30(43(4,5)28(44)12-16-46(29,45)8)62-41-38(64-40-36(55)34(53)31(50)22(3)59-40)37(33(52)27(19-48)61-41)63-39-35(54)32(51)26(49)20-58-39/h17,22-41,48-55,57H,9-16,18-20H2,1-8H3/t22-,23-,24+,25-,26+,27+,28-,29+,30-,31-,32-,33+,34+,35+,36+,37-,38+,39-,40-,41-,44-,45+,46+,47+/m0/s1. The summed E-state index contributed by atoms with van der Waals surface area (Å²) in [6, 6.07) is 0. The number of aliphatic hydroxyl groups excluding tert-OH is 8. The van der Waals surface area contributed by atoms with E-state index in [4.69, 9.17) is 33.2 Å². The fourth-order valence-electron chi connectivity index (χ4n) is 14.9. The molecule has 8 aliphatic rings. The first-order valence-corrected chi connectivity index (χ1v) is 23.8. The Kier molecular flexibility index (Phi) is 13.4. The van der Waals surface area contributed by atoms with Crippen molar-refractivity contribution >= 4 is 5.97 Å². The maximum atomic E-state index is 13.4. The van der Waals surface area contributed by atoms with Gasteiger partial charge in [-0.15, -0.1) is 0 Å². The molecular weight excluding hydrogens is 836 g/mol. The summed E-state index contributed by atoms with van der Waals surface area (Å²) in [5.74, 6) is 0.0297. The lowest BCUT2D eigenvalue weighted by Crippen LogP contribution is -2.67. The fraction of sp³-hybridized carbons (Fsp3) is 0.936. The molecule has 17 heteroatoms. The van der Waals surface area contributed by atoms with Gasteiger partial charge < -0.3 is 79.1 Å². The van der Waals surface area contributed by atoms with Crippen LogP contribution >= 0.6 is 0 Å². The van der Waals surface area contributed by atoms with E-state index in [1.54, 1.807) is 0 Å². The van der Waals surface area contributed by atoms with Crippen LogP contribution in [0.4, 0.5) is 0 Å². The molecule has 0 aromatic rings. The largest absolute Gasteiger partial charge is 0.456 e. The van der Waals surface area contributed by atoms with Gasteiger partial charge in [0.15, 0.2) is 24.5 Å². The van der Waals surface area contributed by atoms with Gasteiger partial charge in [0.25, 0.3) is 0 Å². The van der Waals surface area contributed by atoms with E-state index in [1.807, 2.05) is 19.9 Å². The molecule has 4 aliphatic heterocycles. The van der Waals surface area contributed by atoms with Crippen molar-refractivity contribution in [1.82, 2.24) is 0 Å². The van der Waals surface area contributed by atoms with Crippen LogP contribution in [0.15, 0.2) is 11.6 Å². The number of hydrogen-bond acceptors (Lipinski definition) is 17. The highest BCUT2D eigenvalue weighted by Gasteiger charge is 2.71. The van der Waals surface area contributed by atoms with Crippen LogP contribution in [-0.2, 0) is 38.0 Å². The van der Waals surface area contributed by atoms with Gasteiger partial charge in [-0.25, -0.2) is 4.79 Å². The second-order valence-electron chi connectivity index (χ2n) is 22.5. The second kappa shape index (κ2) is 17.5. The average molecular weight is 913 g/mol. The smallest absolute Gasteiger partial charge is 0.339 e. The zero-order chi connectivity index (χ0) is 46.6. The van der Waals surface area contributed by atoms with Gasteiger partial charge in [-0.1, -0.05) is 40.2 Å². The number of aliphatic hydroxyl groups is 9. The van der Waals surface area contributed by atoms with Gasteiger partial charge in [-0.2, -0.15) is 0 Å². The summed E-state index contributed by atoms with van der Waals surface area (Å²) < 4.78 is 42.9. The Bertz CT molecular complexity index is 1730. The lowest BCUT2D eigenvalue weighted by molar-refractivity contribution is -0.395. The SMILES string of the molecule is CC(C)=C[C@H]1C[C@@](O)([C@H]2CC[C@]3(C)[C@@H]2CC[C@@H]2[C@@]4(C)CC[C@H](O[C@@H]5O[C@H](CO)[C@@H](O)[C@H](O[C@@H]6OC[C@@H](O)[C@H](O)[C@H]6O)[C@H]5O[C@@H]5O[C@@H](C)[C@H](O)[C@@H](O)[C@H]5O)C(C)(C)[C@@H]4CC[C@]23C)C(=O)O1. The minimum Gasteiger partial charge on any atom is -0.456 e. The highest BCUT2D eigenvalue weighted by molar-refractivity contribution is 5.82. The molecule has 4 aliphatic carbocycles. The van der Waals surface area contributed by atoms with Gasteiger partial charge in [-0.05, 0) is 118 Å². The van der Waals surface area contributed by atoms with Crippen molar-refractivity contribution in [2.75, 3.05) is 13.2 Å². The van der Waals surface area contributed by atoms with E-state index < -0.39 is 128 Å². The molecule has 4 saturated heterocycles. The number of cyclic esters (lactones) is 1. The van der Waals surface area contributed by atoms with Gasteiger partial charge in [0, 0.05) is 12.3 Å². The quantitative estimate of drug-likeness (QED) is 0.0894. The number of esters is 1. The van der Waals surface area contributed by atoms with Crippen molar-refractivity contribution in [1.29, 1.82) is 0 Å². The zero-order valence-electron chi connectivity index (χ0n) is 38.7. The molecule has 0 aromatic carbocycles. The molecular formula is C47H76O17. The Balaban J connectivity index is 1.05. The zero-order valence-corrected chi connectivity index (χ0v) is 38.7. The van der Waals surface area contributed by atoms with E-state index in [1.165, 1.54) is 6.92 Å². The number of carbonyl (C=O) groups excluding carboxylic acids is 1. The Morgan fingerprint density at radius 3 is 2.06 bits per heavy atom. The number of hydrogen-bond donors (Lipinski definition) is 9. The minimum absolute atomic E-state index is 0.0657. The van der Waals surface area contributed by atoms with Gasteiger partial charge in [0.1, 0.15) is 67.1 Å². The summed E-state index contributed by atoms with van der Waals surface area (Å²) in [6.07, 6.45) is -12.9. The van der Waals surface area contributed by atoms with Crippen molar-refractivity contribution in [3.8, 4) is 0 Å². The van der Waals surface area contributed by atoms with Gasteiger partial charge in [0.05, 0.1) is 25.4 Å². The summed E-state index contributed by atoms with van der Waals surface area (Å²) in [4.78, 5) is 13.4. The summed E-state index contributed by atoms with van der Waals surface area (Å²) in [5, 5.41) is 97.9. The molecule has 0 unspecified atom stereocenters. The summed E-state index contributed by atoms with van der Waals surface area (Å²) >= 11 is 0. The number of ether oxygens (including phenoxy) is 7.